The van der Waals surface area contributed by atoms with E-state index < -0.39 is 0 Å². The number of H-pyrrole nitrogens is 1. The standard InChI is InChI=1S/C19H13NOS/c21-19-18-15(11-12-22-18)16(13-7-3-1-4-8-13)17(20-19)14-9-5-2-6-10-14/h1-12H,(H,20,21). The maximum atomic E-state index is 12.4. The minimum Gasteiger partial charge on any atom is -0.320 e. The third kappa shape index (κ3) is 2.07. The molecule has 0 amide bonds. The number of aromatic amines is 1. The molecular weight excluding hydrogens is 290 g/mol. The zero-order valence-corrected chi connectivity index (χ0v) is 12.6. The number of nitrogens with one attached hydrogen (secondary N) is 1. The highest BCUT2D eigenvalue weighted by molar-refractivity contribution is 7.17. The van der Waals surface area contributed by atoms with Gasteiger partial charge in [0.2, 0.25) is 0 Å². The van der Waals surface area contributed by atoms with Crippen molar-refractivity contribution >= 4 is 21.4 Å². The summed E-state index contributed by atoms with van der Waals surface area (Å²) in [5, 5.41) is 2.99. The van der Waals surface area contributed by atoms with Crippen molar-refractivity contribution in [1.82, 2.24) is 4.98 Å². The predicted octanol–water partition coefficient (Wildman–Crippen LogP) is 4.92. The maximum Gasteiger partial charge on any atom is 0.266 e. The van der Waals surface area contributed by atoms with E-state index in [2.05, 4.69) is 17.1 Å². The molecule has 0 atom stereocenters. The van der Waals surface area contributed by atoms with Crippen LogP contribution in [0, 0.1) is 0 Å². The fourth-order valence-corrected chi connectivity index (χ4v) is 3.57. The highest BCUT2D eigenvalue weighted by Gasteiger charge is 2.15. The summed E-state index contributed by atoms with van der Waals surface area (Å²) >= 11 is 1.48. The molecular formula is C19H13NOS. The summed E-state index contributed by atoms with van der Waals surface area (Å²) in [7, 11) is 0. The number of aromatic nitrogens is 1. The van der Waals surface area contributed by atoms with Crippen LogP contribution in [0.1, 0.15) is 0 Å². The Labute approximate surface area is 131 Å². The Morgan fingerprint density at radius 1 is 0.773 bits per heavy atom. The summed E-state index contributed by atoms with van der Waals surface area (Å²) in [6, 6.07) is 22.2. The van der Waals surface area contributed by atoms with Gasteiger partial charge in [0, 0.05) is 10.9 Å². The van der Waals surface area contributed by atoms with Gasteiger partial charge in [-0.1, -0.05) is 60.7 Å². The number of benzene rings is 2. The number of thiophene rings is 1. The first-order valence-corrected chi connectivity index (χ1v) is 7.97. The van der Waals surface area contributed by atoms with E-state index in [0.717, 1.165) is 32.5 Å². The Bertz CT molecular complexity index is 984. The largest absolute Gasteiger partial charge is 0.320 e. The van der Waals surface area contributed by atoms with Crippen molar-refractivity contribution in [2.24, 2.45) is 0 Å². The van der Waals surface area contributed by atoms with Gasteiger partial charge >= 0.3 is 0 Å². The molecule has 4 aromatic rings. The van der Waals surface area contributed by atoms with Crippen molar-refractivity contribution in [3.8, 4) is 22.4 Å². The lowest BCUT2D eigenvalue weighted by Gasteiger charge is -2.11. The zero-order chi connectivity index (χ0) is 14.9. The van der Waals surface area contributed by atoms with Gasteiger partial charge in [0.05, 0.1) is 5.69 Å². The Balaban J connectivity index is 2.14. The van der Waals surface area contributed by atoms with E-state index in [1.54, 1.807) is 0 Å². The Kier molecular flexibility index (Phi) is 3.13. The van der Waals surface area contributed by atoms with Crippen LogP contribution in [0.4, 0.5) is 0 Å². The molecule has 0 aliphatic rings. The smallest absolute Gasteiger partial charge is 0.266 e. The molecule has 1 N–H and O–H groups in total. The molecule has 0 radical (unpaired) electrons. The third-order valence-corrected chi connectivity index (χ3v) is 4.67. The highest BCUT2D eigenvalue weighted by Crippen LogP contribution is 2.36. The normalized spacial score (nSPS) is 10.9. The van der Waals surface area contributed by atoms with Crippen molar-refractivity contribution in [3.63, 3.8) is 0 Å². The maximum absolute atomic E-state index is 12.4. The van der Waals surface area contributed by atoms with Gasteiger partial charge in [0.15, 0.2) is 0 Å². The predicted molar refractivity (Wildman–Crippen MR) is 93.3 cm³/mol. The van der Waals surface area contributed by atoms with E-state index in [9.17, 15) is 4.79 Å². The molecule has 0 aliphatic heterocycles. The van der Waals surface area contributed by atoms with Crippen molar-refractivity contribution in [2.45, 2.75) is 0 Å². The second-order valence-corrected chi connectivity index (χ2v) is 6.02. The van der Waals surface area contributed by atoms with Crippen LogP contribution in [0.15, 0.2) is 76.9 Å². The molecule has 2 nitrogen and oxygen atoms in total. The van der Waals surface area contributed by atoms with Gasteiger partial charge in [-0.25, -0.2) is 0 Å². The number of pyridine rings is 1. The van der Waals surface area contributed by atoms with Crippen LogP contribution in [-0.4, -0.2) is 4.98 Å². The lowest BCUT2D eigenvalue weighted by molar-refractivity contribution is 1.29. The Morgan fingerprint density at radius 3 is 2.09 bits per heavy atom. The van der Waals surface area contributed by atoms with Gasteiger partial charge in [0.25, 0.3) is 5.56 Å². The van der Waals surface area contributed by atoms with Crippen molar-refractivity contribution in [3.05, 3.63) is 82.5 Å². The SMILES string of the molecule is O=c1[nH]c(-c2ccccc2)c(-c2ccccc2)c2ccsc12. The first kappa shape index (κ1) is 13.0. The molecule has 0 saturated carbocycles. The second-order valence-electron chi connectivity index (χ2n) is 5.10. The molecule has 0 spiro atoms. The van der Waals surface area contributed by atoms with Crippen molar-refractivity contribution < 1.29 is 0 Å². The summed E-state index contributed by atoms with van der Waals surface area (Å²) in [5.74, 6) is 0. The van der Waals surface area contributed by atoms with Crippen LogP contribution in [0.25, 0.3) is 32.5 Å². The quantitative estimate of drug-likeness (QED) is 0.560. The van der Waals surface area contributed by atoms with E-state index in [4.69, 9.17) is 0 Å². The topological polar surface area (TPSA) is 32.9 Å². The molecule has 3 heteroatoms. The molecule has 0 aliphatic carbocycles. The third-order valence-electron chi connectivity index (χ3n) is 3.75. The molecule has 0 bridgehead atoms. The van der Waals surface area contributed by atoms with Crippen LogP contribution in [-0.2, 0) is 0 Å². The lowest BCUT2D eigenvalue weighted by Crippen LogP contribution is -2.07. The first-order valence-electron chi connectivity index (χ1n) is 7.09. The minimum absolute atomic E-state index is 0.0245. The van der Waals surface area contributed by atoms with Gasteiger partial charge in [-0.2, -0.15) is 0 Å². The van der Waals surface area contributed by atoms with Crippen LogP contribution in [0.5, 0.6) is 0 Å². The number of rotatable bonds is 2. The van der Waals surface area contributed by atoms with Crippen LogP contribution in [0.2, 0.25) is 0 Å². The zero-order valence-electron chi connectivity index (χ0n) is 11.7. The molecule has 106 valence electrons. The fraction of sp³-hybridized carbons (Fsp3) is 0. The molecule has 2 heterocycles. The van der Waals surface area contributed by atoms with Gasteiger partial charge in [0.1, 0.15) is 4.70 Å². The summed E-state index contributed by atoms with van der Waals surface area (Å²) in [6.45, 7) is 0. The summed E-state index contributed by atoms with van der Waals surface area (Å²) in [4.78, 5) is 15.4. The minimum atomic E-state index is -0.0245. The lowest BCUT2D eigenvalue weighted by atomic mass is 9.96. The van der Waals surface area contributed by atoms with Gasteiger partial charge in [-0.05, 0) is 22.6 Å². The first-order chi connectivity index (χ1) is 10.8. The van der Waals surface area contributed by atoms with E-state index in [1.165, 1.54) is 11.3 Å². The van der Waals surface area contributed by atoms with Gasteiger partial charge in [-0.15, -0.1) is 11.3 Å². The average Bonchev–Trinajstić information content (AvgIpc) is 3.06. The van der Waals surface area contributed by atoms with Crippen LogP contribution >= 0.6 is 11.3 Å². The second kappa shape index (κ2) is 5.28. The van der Waals surface area contributed by atoms with Crippen molar-refractivity contribution in [2.75, 3.05) is 0 Å². The summed E-state index contributed by atoms with van der Waals surface area (Å²) < 4.78 is 0.776. The van der Waals surface area contributed by atoms with Crippen LogP contribution in [0.3, 0.4) is 0 Å². The van der Waals surface area contributed by atoms with E-state index in [0.29, 0.717) is 0 Å². The molecule has 22 heavy (non-hydrogen) atoms. The molecule has 2 aromatic heterocycles. The number of hydrogen-bond donors (Lipinski definition) is 1. The van der Waals surface area contributed by atoms with E-state index in [1.807, 2.05) is 60.0 Å². The monoisotopic (exact) mass is 303 g/mol. The van der Waals surface area contributed by atoms with E-state index >= 15 is 0 Å². The molecule has 4 rings (SSSR count). The number of hydrogen-bond acceptors (Lipinski definition) is 2. The molecule has 0 unspecified atom stereocenters. The van der Waals surface area contributed by atoms with Crippen LogP contribution < -0.4 is 5.56 Å². The van der Waals surface area contributed by atoms with Gasteiger partial charge < -0.3 is 4.98 Å². The Hall–Kier alpha value is -2.65. The highest BCUT2D eigenvalue weighted by atomic mass is 32.1. The average molecular weight is 303 g/mol. The molecule has 2 aromatic carbocycles. The Morgan fingerprint density at radius 2 is 1.41 bits per heavy atom. The van der Waals surface area contributed by atoms with Gasteiger partial charge in [-0.3, -0.25) is 4.79 Å². The molecule has 0 saturated heterocycles. The summed E-state index contributed by atoms with van der Waals surface area (Å²) in [6.07, 6.45) is 0. The fourth-order valence-electron chi connectivity index (χ4n) is 2.78. The molecule has 0 fully saturated rings. The van der Waals surface area contributed by atoms with E-state index in [-0.39, 0.29) is 5.56 Å². The summed E-state index contributed by atoms with van der Waals surface area (Å²) in [5.41, 5.74) is 4.07. The van der Waals surface area contributed by atoms with Crippen molar-refractivity contribution in [1.29, 1.82) is 0 Å². The number of fused-ring (bicyclic) bond motifs is 1.